The van der Waals surface area contributed by atoms with Gasteiger partial charge in [0, 0.05) is 18.0 Å². The molecule has 0 aliphatic heterocycles. The van der Waals surface area contributed by atoms with Crippen LogP contribution in [0.1, 0.15) is 11.3 Å². The van der Waals surface area contributed by atoms with Crippen molar-refractivity contribution >= 4 is 28.1 Å². The van der Waals surface area contributed by atoms with E-state index in [2.05, 4.69) is 5.32 Å². The molecule has 6 heteroatoms. The van der Waals surface area contributed by atoms with Crippen LogP contribution in [0.4, 0.5) is 5.82 Å². The van der Waals surface area contributed by atoms with E-state index in [9.17, 15) is 4.79 Å². The molecule has 2 aromatic carbocycles. The van der Waals surface area contributed by atoms with E-state index in [0.29, 0.717) is 6.42 Å². The number of carbonyl (C=O) groups excluding carboxylic acids is 1. The first-order valence-corrected chi connectivity index (χ1v) is 8.35. The number of carbonyl (C=O) groups is 1. The summed E-state index contributed by atoms with van der Waals surface area (Å²) in [6.07, 6.45) is 2.58. The second-order valence-electron chi connectivity index (χ2n) is 6.05. The predicted octanol–water partition coefficient (Wildman–Crippen LogP) is 3.00. The fraction of sp³-hybridized carbons (Fsp3) is 0.100. The van der Waals surface area contributed by atoms with Crippen molar-refractivity contribution in [1.29, 1.82) is 0 Å². The quantitative estimate of drug-likeness (QED) is 0.383. The monoisotopic (exact) mass is 346 g/mol. The number of rotatable bonds is 5. The first kappa shape index (κ1) is 16.1. The third-order valence-electron chi connectivity index (χ3n) is 4.34. The minimum absolute atomic E-state index is 0.0427. The average molecular weight is 346 g/mol. The Hall–Kier alpha value is -3.38. The van der Waals surface area contributed by atoms with Crippen LogP contribution in [0.25, 0.3) is 16.4 Å². The molecule has 130 valence electrons. The predicted molar refractivity (Wildman–Crippen MR) is 100 cm³/mol. The highest BCUT2D eigenvalue weighted by atomic mass is 16.5. The van der Waals surface area contributed by atoms with Crippen molar-refractivity contribution in [3.8, 4) is 0 Å². The Balaban J connectivity index is 1.84. The van der Waals surface area contributed by atoms with Gasteiger partial charge in [-0.3, -0.25) is 14.4 Å². The number of benzene rings is 2. The van der Waals surface area contributed by atoms with Gasteiger partial charge in [0.05, 0.1) is 12.2 Å². The minimum Gasteiger partial charge on any atom is -0.360 e. The second-order valence-corrected chi connectivity index (χ2v) is 6.05. The number of amides is 1. The summed E-state index contributed by atoms with van der Waals surface area (Å²) in [6, 6.07) is 20.1. The minimum atomic E-state index is -0.508. The highest BCUT2D eigenvalue weighted by molar-refractivity contribution is 5.95. The van der Waals surface area contributed by atoms with E-state index in [4.69, 9.17) is 10.2 Å². The molecule has 4 aromatic rings. The number of nitrogens with one attached hydrogen (secondary N) is 2. The molecule has 0 saturated heterocycles. The molecule has 2 heterocycles. The molecule has 6 nitrogen and oxygen atoms in total. The smallest absolute Gasteiger partial charge is 0.262 e. The van der Waals surface area contributed by atoms with Gasteiger partial charge in [0.25, 0.3) is 5.91 Å². The van der Waals surface area contributed by atoms with E-state index in [-0.39, 0.29) is 6.54 Å². The van der Waals surface area contributed by atoms with Gasteiger partial charge in [-0.2, -0.15) is 0 Å². The van der Waals surface area contributed by atoms with Crippen molar-refractivity contribution in [2.75, 3.05) is 11.9 Å². The summed E-state index contributed by atoms with van der Waals surface area (Å²) >= 11 is 0. The number of hydrogen-bond donors (Lipinski definition) is 3. The molecule has 4 rings (SSSR count). The standard InChI is InChI=1S/C20H18N4O2/c25-18(23-26)13-21-20-17(12-14-6-2-1-3-7-14)22-19-16-9-5-4-8-15(16)10-11-24(19)20/h1-11,21,26H,12-13H2,(H,23,25). The molecule has 26 heavy (non-hydrogen) atoms. The largest absolute Gasteiger partial charge is 0.360 e. The van der Waals surface area contributed by atoms with Crippen molar-refractivity contribution in [1.82, 2.24) is 14.9 Å². The Morgan fingerprint density at radius 2 is 1.81 bits per heavy atom. The van der Waals surface area contributed by atoms with Gasteiger partial charge in [-0.1, -0.05) is 54.6 Å². The Kier molecular flexibility index (Phi) is 4.25. The van der Waals surface area contributed by atoms with Crippen molar-refractivity contribution in [2.45, 2.75) is 6.42 Å². The van der Waals surface area contributed by atoms with Crippen LogP contribution in [-0.2, 0) is 11.2 Å². The molecule has 2 aromatic heterocycles. The lowest BCUT2D eigenvalue weighted by Gasteiger charge is -2.08. The zero-order chi connectivity index (χ0) is 17.9. The van der Waals surface area contributed by atoms with Crippen molar-refractivity contribution in [3.63, 3.8) is 0 Å². The Morgan fingerprint density at radius 1 is 1.04 bits per heavy atom. The molecule has 0 saturated carbocycles. The van der Waals surface area contributed by atoms with Crippen LogP contribution < -0.4 is 10.8 Å². The average Bonchev–Trinajstić information content (AvgIpc) is 3.04. The zero-order valence-corrected chi connectivity index (χ0v) is 14.0. The number of hydroxylamine groups is 1. The van der Waals surface area contributed by atoms with Gasteiger partial charge < -0.3 is 5.32 Å². The highest BCUT2D eigenvalue weighted by Crippen LogP contribution is 2.26. The molecule has 0 bridgehead atoms. The van der Waals surface area contributed by atoms with E-state index in [1.165, 1.54) is 0 Å². The zero-order valence-electron chi connectivity index (χ0n) is 14.0. The first-order valence-electron chi connectivity index (χ1n) is 8.35. The van der Waals surface area contributed by atoms with Gasteiger partial charge in [0.2, 0.25) is 0 Å². The molecule has 0 radical (unpaired) electrons. The first-order chi connectivity index (χ1) is 12.8. The number of pyridine rings is 1. The third-order valence-corrected chi connectivity index (χ3v) is 4.34. The van der Waals surface area contributed by atoms with E-state index in [1.54, 1.807) is 5.48 Å². The normalized spacial score (nSPS) is 11.0. The summed E-state index contributed by atoms with van der Waals surface area (Å²) in [4.78, 5) is 16.3. The summed E-state index contributed by atoms with van der Waals surface area (Å²) < 4.78 is 1.95. The number of fused-ring (bicyclic) bond motifs is 3. The topological polar surface area (TPSA) is 78.7 Å². The van der Waals surface area contributed by atoms with Crippen LogP contribution in [0, 0.1) is 0 Å². The van der Waals surface area contributed by atoms with Gasteiger partial charge in [-0.05, 0) is 17.0 Å². The molecule has 0 spiro atoms. The number of hydrogen-bond acceptors (Lipinski definition) is 4. The lowest BCUT2D eigenvalue weighted by atomic mass is 10.1. The molecule has 0 unspecified atom stereocenters. The summed E-state index contributed by atoms with van der Waals surface area (Å²) in [7, 11) is 0. The van der Waals surface area contributed by atoms with Gasteiger partial charge in [-0.25, -0.2) is 10.5 Å². The van der Waals surface area contributed by atoms with Crippen LogP contribution >= 0.6 is 0 Å². The summed E-state index contributed by atoms with van der Waals surface area (Å²) in [5.74, 6) is 0.240. The lowest BCUT2D eigenvalue weighted by Crippen LogP contribution is -2.27. The summed E-state index contributed by atoms with van der Waals surface area (Å²) in [6.45, 7) is -0.0427. The van der Waals surface area contributed by atoms with E-state index in [1.807, 2.05) is 71.3 Å². The van der Waals surface area contributed by atoms with E-state index < -0.39 is 5.91 Å². The van der Waals surface area contributed by atoms with Crippen molar-refractivity contribution in [2.24, 2.45) is 0 Å². The maximum absolute atomic E-state index is 11.5. The van der Waals surface area contributed by atoms with Gasteiger partial charge in [0.1, 0.15) is 11.5 Å². The summed E-state index contributed by atoms with van der Waals surface area (Å²) in [5, 5.41) is 14.0. The number of anilines is 1. The SMILES string of the molecule is O=C(CNc1c(Cc2ccccc2)nc2c3ccccc3ccn12)NO. The molecule has 0 aliphatic carbocycles. The van der Waals surface area contributed by atoms with Crippen LogP contribution in [0.5, 0.6) is 0 Å². The Morgan fingerprint density at radius 3 is 2.62 bits per heavy atom. The number of imidazole rings is 1. The molecule has 0 fully saturated rings. The molecular formula is C20H18N4O2. The van der Waals surface area contributed by atoms with E-state index in [0.717, 1.165) is 33.5 Å². The van der Waals surface area contributed by atoms with Gasteiger partial charge in [0.15, 0.2) is 0 Å². The second kappa shape index (κ2) is 6.85. The molecule has 1 amide bonds. The maximum Gasteiger partial charge on any atom is 0.262 e. The highest BCUT2D eigenvalue weighted by Gasteiger charge is 2.15. The van der Waals surface area contributed by atoms with Crippen LogP contribution in [0.15, 0.2) is 66.9 Å². The van der Waals surface area contributed by atoms with Crippen molar-refractivity contribution < 1.29 is 10.0 Å². The fourth-order valence-corrected chi connectivity index (χ4v) is 3.12. The van der Waals surface area contributed by atoms with Crippen LogP contribution in [-0.4, -0.2) is 27.0 Å². The van der Waals surface area contributed by atoms with Crippen LogP contribution in [0.2, 0.25) is 0 Å². The maximum atomic E-state index is 11.5. The number of nitrogens with zero attached hydrogens (tertiary/aromatic N) is 2. The third kappa shape index (κ3) is 2.98. The van der Waals surface area contributed by atoms with Gasteiger partial charge in [-0.15, -0.1) is 0 Å². The Labute approximate surface area is 150 Å². The fourth-order valence-electron chi connectivity index (χ4n) is 3.12. The molecule has 3 N–H and O–H groups in total. The number of aromatic nitrogens is 2. The lowest BCUT2D eigenvalue weighted by molar-refractivity contribution is -0.127. The van der Waals surface area contributed by atoms with E-state index >= 15 is 0 Å². The Bertz CT molecular complexity index is 1070. The molecule has 0 atom stereocenters. The van der Waals surface area contributed by atoms with Crippen molar-refractivity contribution in [3.05, 3.63) is 78.1 Å². The van der Waals surface area contributed by atoms with Crippen LogP contribution in [0.3, 0.4) is 0 Å². The molecular weight excluding hydrogens is 328 g/mol. The molecule has 0 aliphatic rings. The summed E-state index contributed by atoms with van der Waals surface area (Å²) in [5.41, 5.74) is 4.46. The van der Waals surface area contributed by atoms with Gasteiger partial charge >= 0.3 is 0 Å².